The number of likely N-dealkylation sites (N-methyl/N-ethyl adjacent to an activating group) is 1. The molecule has 7 nitrogen and oxygen atoms in total. The Hall–Kier alpha value is -1.86. The second-order valence-corrected chi connectivity index (χ2v) is 9.02. The van der Waals surface area contributed by atoms with Crippen LogP contribution < -0.4 is 15.5 Å². The molecular formula is C24H42N6O. The normalized spacial score (nSPS) is 19.6. The van der Waals surface area contributed by atoms with Crippen LogP contribution in [-0.2, 0) is 11.3 Å². The molecule has 0 amide bonds. The summed E-state index contributed by atoms with van der Waals surface area (Å²) in [5.41, 5.74) is 1.49. The van der Waals surface area contributed by atoms with Gasteiger partial charge >= 0.3 is 0 Å². The number of hydrogen-bond donors (Lipinski definition) is 2. The van der Waals surface area contributed by atoms with Crippen molar-refractivity contribution in [3.05, 3.63) is 23.9 Å². The van der Waals surface area contributed by atoms with E-state index in [9.17, 15) is 0 Å². The fourth-order valence-electron chi connectivity index (χ4n) is 4.59. The molecule has 0 bridgehead atoms. The van der Waals surface area contributed by atoms with Crippen LogP contribution in [0.1, 0.15) is 51.5 Å². The Morgan fingerprint density at radius 3 is 2.55 bits per heavy atom. The van der Waals surface area contributed by atoms with Gasteiger partial charge in [-0.05, 0) is 57.2 Å². The van der Waals surface area contributed by atoms with Crippen LogP contribution >= 0.6 is 0 Å². The topological polar surface area (TPSA) is 65.0 Å². The lowest BCUT2D eigenvalue weighted by molar-refractivity contribution is 0.105. The molecule has 0 radical (unpaired) electrons. The quantitative estimate of drug-likeness (QED) is 0.338. The predicted molar refractivity (Wildman–Crippen MR) is 129 cm³/mol. The van der Waals surface area contributed by atoms with Crippen LogP contribution in [-0.4, -0.2) is 75.4 Å². The van der Waals surface area contributed by atoms with Gasteiger partial charge in [-0.1, -0.05) is 18.9 Å². The van der Waals surface area contributed by atoms with E-state index in [0.29, 0.717) is 12.0 Å². The van der Waals surface area contributed by atoms with Gasteiger partial charge in [0.15, 0.2) is 5.96 Å². The highest BCUT2D eigenvalue weighted by Gasteiger charge is 2.33. The van der Waals surface area contributed by atoms with Gasteiger partial charge in [-0.15, -0.1) is 0 Å². The van der Waals surface area contributed by atoms with E-state index in [1.165, 1.54) is 25.7 Å². The molecule has 2 fully saturated rings. The van der Waals surface area contributed by atoms with E-state index >= 15 is 0 Å². The van der Waals surface area contributed by atoms with Crippen LogP contribution in [0.4, 0.5) is 5.82 Å². The van der Waals surface area contributed by atoms with Crippen molar-refractivity contribution >= 4 is 11.8 Å². The van der Waals surface area contributed by atoms with E-state index in [4.69, 9.17) is 14.7 Å². The summed E-state index contributed by atoms with van der Waals surface area (Å²) in [6.45, 7) is 12.6. The Morgan fingerprint density at radius 1 is 1.13 bits per heavy atom. The molecule has 2 heterocycles. The molecule has 1 aromatic heterocycles. The first-order valence-electron chi connectivity index (χ1n) is 12.1. The Labute approximate surface area is 188 Å². The molecule has 0 aromatic carbocycles. The van der Waals surface area contributed by atoms with Gasteiger partial charge < -0.3 is 25.2 Å². The summed E-state index contributed by atoms with van der Waals surface area (Å²) in [7, 11) is 2.18. The number of pyridine rings is 1. The third kappa shape index (κ3) is 7.35. The van der Waals surface area contributed by atoms with E-state index in [1.54, 1.807) is 0 Å². The molecule has 1 aliphatic heterocycles. The van der Waals surface area contributed by atoms with Crippen LogP contribution in [0.3, 0.4) is 0 Å². The van der Waals surface area contributed by atoms with Gasteiger partial charge in [-0.2, -0.15) is 0 Å². The minimum Gasteiger partial charge on any atom is -0.382 e. The number of nitrogens with one attached hydrogen (secondary N) is 2. The maximum absolute atomic E-state index is 5.65. The molecule has 7 heteroatoms. The zero-order valence-electron chi connectivity index (χ0n) is 19.8. The van der Waals surface area contributed by atoms with Gasteiger partial charge in [-0.25, -0.2) is 9.98 Å². The summed E-state index contributed by atoms with van der Waals surface area (Å²) in [4.78, 5) is 14.2. The fourth-order valence-corrected chi connectivity index (χ4v) is 4.59. The number of aliphatic imine (C=N–C) groups is 1. The van der Waals surface area contributed by atoms with Gasteiger partial charge in [0.05, 0.1) is 6.54 Å². The Balaban J connectivity index is 1.54. The largest absolute Gasteiger partial charge is 0.382 e. The number of piperazine rings is 1. The standard InChI is InChI=1S/C24H42N6O/c1-4-25-23(28-20-24(10-6-7-11-24)12-17-31-5-2)27-19-21-8-9-22(26-18-21)30-15-13-29(3)14-16-30/h8-9,18H,4-7,10-17,19-20H2,1-3H3,(H2,25,27,28). The van der Waals surface area contributed by atoms with Crippen molar-refractivity contribution in [2.75, 3.05) is 64.4 Å². The summed E-state index contributed by atoms with van der Waals surface area (Å²) < 4.78 is 5.65. The van der Waals surface area contributed by atoms with E-state index in [-0.39, 0.29) is 0 Å². The first-order chi connectivity index (χ1) is 15.1. The lowest BCUT2D eigenvalue weighted by Crippen LogP contribution is -2.44. The molecule has 174 valence electrons. The second kappa shape index (κ2) is 12.2. The minimum atomic E-state index is 0.344. The Kier molecular flexibility index (Phi) is 9.40. The van der Waals surface area contributed by atoms with Crippen LogP contribution in [0.15, 0.2) is 23.3 Å². The molecule has 0 spiro atoms. The maximum atomic E-state index is 5.65. The molecule has 0 atom stereocenters. The van der Waals surface area contributed by atoms with Crippen LogP contribution in [0, 0.1) is 5.41 Å². The number of rotatable bonds is 10. The van der Waals surface area contributed by atoms with Gasteiger partial charge in [0.1, 0.15) is 5.82 Å². The highest BCUT2D eigenvalue weighted by atomic mass is 16.5. The molecule has 2 aliphatic rings. The van der Waals surface area contributed by atoms with Crippen molar-refractivity contribution in [1.29, 1.82) is 0 Å². The average molecular weight is 431 g/mol. The highest BCUT2D eigenvalue weighted by Crippen LogP contribution is 2.40. The lowest BCUT2D eigenvalue weighted by Gasteiger charge is -2.33. The van der Waals surface area contributed by atoms with Crippen LogP contribution in [0.25, 0.3) is 0 Å². The van der Waals surface area contributed by atoms with Crippen molar-refractivity contribution in [2.45, 2.75) is 52.5 Å². The summed E-state index contributed by atoms with van der Waals surface area (Å²) in [5.74, 6) is 1.97. The number of anilines is 1. The summed E-state index contributed by atoms with van der Waals surface area (Å²) >= 11 is 0. The molecule has 1 aliphatic carbocycles. The highest BCUT2D eigenvalue weighted by molar-refractivity contribution is 5.79. The summed E-state index contributed by atoms with van der Waals surface area (Å²) in [6, 6.07) is 4.30. The number of aromatic nitrogens is 1. The maximum Gasteiger partial charge on any atom is 0.191 e. The third-order valence-corrected chi connectivity index (χ3v) is 6.68. The second-order valence-electron chi connectivity index (χ2n) is 9.02. The monoisotopic (exact) mass is 430 g/mol. The smallest absolute Gasteiger partial charge is 0.191 e. The minimum absolute atomic E-state index is 0.344. The predicted octanol–water partition coefficient (Wildman–Crippen LogP) is 2.88. The number of guanidine groups is 1. The van der Waals surface area contributed by atoms with E-state index in [2.05, 4.69) is 53.5 Å². The van der Waals surface area contributed by atoms with Gasteiger partial charge in [0, 0.05) is 58.7 Å². The molecule has 3 rings (SSSR count). The molecule has 1 saturated carbocycles. The van der Waals surface area contributed by atoms with E-state index in [1.807, 2.05) is 6.20 Å². The Bertz CT molecular complexity index is 663. The zero-order chi connectivity index (χ0) is 21.9. The SMILES string of the molecule is CCNC(=NCc1ccc(N2CCN(C)CC2)nc1)NCC1(CCOCC)CCCC1. The first kappa shape index (κ1) is 23.8. The van der Waals surface area contributed by atoms with Gasteiger partial charge in [0.25, 0.3) is 0 Å². The van der Waals surface area contributed by atoms with E-state index < -0.39 is 0 Å². The number of ether oxygens (including phenoxy) is 1. The van der Waals surface area contributed by atoms with Crippen LogP contribution in [0.5, 0.6) is 0 Å². The van der Waals surface area contributed by atoms with Crippen molar-refractivity contribution in [3.63, 3.8) is 0 Å². The van der Waals surface area contributed by atoms with Crippen molar-refractivity contribution in [2.24, 2.45) is 10.4 Å². The van der Waals surface area contributed by atoms with Crippen molar-refractivity contribution in [3.8, 4) is 0 Å². The summed E-state index contributed by atoms with van der Waals surface area (Å²) in [5, 5.41) is 7.02. The van der Waals surface area contributed by atoms with Gasteiger partial charge in [-0.3, -0.25) is 0 Å². The summed E-state index contributed by atoms with van der Waals surface area (Å²) in [6.07, 6.45) is 8.32. The number of hydrogen-bond acceptors (Lipinski definition) is 5. The van der Waals surface area contributed by atoms with Gasteiger partial charge in [0.2, 0.25) is 0 Å². The molecule has 1 saturated heterocycles. The first-order valence-corrected chi connectivity index (χ1v) is 12.1. The van der Waals surface area contributed by atoms with Crippen molar-refractivity contribution in [1.82, 2.24) is 20.5 Å². The molecule has 1 aromatic rings. The molecule has 0 unspecified atom stereocenters. The van der Waals surface area contributed by atoms with Crippen molar-refractivity contribution < 1.29 is 4.74 Å². The lowest BCUT2D eigenvalue weighted by atomic mass is 9.83. The van der Waals surface area contributed by atoms with E-state index in [0.717, 1.165) is 76.2 Å². The van der Waals surface area contributed by atoms with Crippen LogP contribution in [0.2, 0.25) is 0 Å². The average Bonchev–Trinajstić information content (AvgIpc) is 3.26. The molecular weight excluding hydrogens is 388 g/mol. The molecule has 2 N–H and O–H groups in total. The fraction of sp³-hybridized carbons (Fsp3) is 0.750. The molecule has 31 heavy (non-hydrogen) atoms. The Morgan fingerprint density at radius 2 is 1.90 bits per heavy atom. The third-order valence-electron chi connectivity index (χ3n) is 6.68. The zero-order valence-corrected chi connectivity index (χ0v) is 19.8. The number of nitrogens with zero attached hydrogens (tertiary/aromatic N) is 4.